The number of rotatable bonds is 11. The third-order valence-electron chi connectivity index (χ3n) is 6.10. The number of carbonyl (C=O) groups is 2. The summed E-state index contributed by atoms with van der Waals surface area (Å²) < 4.78 is 10.9. The van der Waals surface area contributed by atoms with E-state index in [-0.39, 0.29) is 11.6 Å². The fourth-order valence-corrected chi connectivity index (χ4v) is 3.45. The van der Waals surface area contributed by atoms with E-state index in [4.69, 9.17) is 9.47 Å². The largest absolute Gasteiger partial charge is 0.371 e. The summed E-state index contributed by atoms with van der Waals surface area (Å²) in [6.45, 7) is 15.3. The molecular formula is C20H38O4. The molecule has 0 saturated carbocycles. The molecular weight excluding hydrogens is 304 g/mol. The second-order valence-corrected chi connectivity index (χ2v) is 8.17. The van der Waals surface area contributed by atoms with Crippen LogP contribution in [0.5, 0.6) is 0 Å². The molecule has 24 heavy (non-hydrogen) atoms. The van der Waals surface area contributed by atoms with Crippen LogP contribution in [0, 0.1) is 10.8 Å². The Morgan fingerprint density at radius 1 is 0.708 bits per heavy atom. The summed E-state index contributed by atoms with van der Waals surface area (Å²) in [5.41, 5.74) is -2.93. The third-order valence-corrected chi connectivity index (χ3v) is 6.10. The molecule has 0 fully saturated rings. The zero-order valence-electron chi connectivity index (χ0n) is 17.5. The lowest BCUT2D eigenvalue weighted by Gasteiger charge is -2.43. The first-order valence-corrected chi connectivity index (χ1v) is 9.02. The molecule has 3 atom stereocenters. The highest BCUT2D eigenvalue weighted by Crippen LogP contribution is 2.45. The Hall–Kier alpha value is -0.740. The van der Waals surface area contributed by atoms with Crippen molar-refractivity contribution in [2.45, 2.75) is 92.3 Å². The van der Waals surface area contributed by atoms with Gasteiger partial charge in [-0.1, -0.05) is 34.6 Å². The SMILES string of the molecule is CCC(C)(CC(C)(CC)C(=O)C(C)(CC)OC)C(=O)C(C)(C)OC. The van der Waals surface area contributed by atoms with E-state index in [1.807, 2.05) is 41.5 Å². The molecule has 0 amide bonds. The van der Waals surface area contributed by atoms with Crippen molar-refractivity contribution in [2.24, 2.45) is 10.8 Å². The van der Waals surface area contributed by atoms with Crippen molar-refractivity contribution < 1.29 is 19.1 Å². The van der Waals surface area contributed by atoms with Gasteiger partial charge in [0.2, 0.25) is 0 Å². The lowest BCUT2D eigenvalue weighted by Crippen LogP contribution is -2.51. The molecule has 0 radical (unpaired) electrons. The Morgan fingerprint density at radius 3 is 1.42 bits per heavy atom. The summed E-state index contributed by atoms with van der Waals surface area (Å²) in [4.78, 5) is 26.3. The highest BCUT2D eigenvalue weighted by molar-refractivity contribution is 5.95. The average molecular weight is 343 g/mol. The van der Waals surface area contributed by atoms with Gasteiger partial charge >= 0.3 is 0 Å². The van der Waals surface area contributed by atoms with Gasteiger partial charge in [0.05, 0.1) is 0 Å². The maximum Gasteiger partial charge on any atom is 0.170 e. The van der Waals surface area contributed by atoms with Crippen LogP contribution in [0.2, 0.25) is 0 Å². The molecule has 0 N–H and O–H groups in total. The molecule has 0 aromatic rings. The molecule has 4 heteroatoms. The average Bonchev–Trinajstić information content (AvgIpc) is 2.59. The summed E-state index contributed by atoms with van der Waals surface area (Å²) in [7, 11) is 3.13. The number of Topliss-reactive ketones (excluding diaryl/α,β-unsaturated/α-hetero) is 2. The van der Waals surface area contributed by atoms with E-state index in [2.05, 4.69) is 0 Å². The van der Waals surface area contributed by atoms with Gasteiger partial charge in [-0.05, 0) is 46.5 Å². The van der Waals surface area contributed by atoms with E-state index in [9.17, 15) is 9.59 Å². The maximum absolute atomic E-state index is 13.2. The van der Waals surface area contributed by atoms with Crippen LogP contribution in [0.1, 0.15) is 81.1 Å². The van der Waals surface area contributed by atoms with Crippen molar-refractivity contribution in [3.05, 3.63) is 0 Å². The predicted octanol–water partition coefficient (Wildman–Crippen LogP) is 4.59. The minimum Gasteiger partial charge on any atom is -0.371 e. The number of hydrogen-bond donors (Lipinski definition) is 0. The number of hydrogen-bond acceptors (Lipinski definition) is 4. The molecule has 0 aliphatic carbocycles. The molecule has 3 unspecified atom stereocenters. The van der Waals surface area contributed by atoms with Crippen molar-refractivity contribution in [1.82, 2.24) is 0 Å². The van der Waals surface area contributed by atoms with Gasteiger partial charge in [-0.3, -0.25) is 9.59 Å². The molecule has 0 heterocycles. The monoisotopic (exact) mass is 342 g/mol. The Labute approximate surface area is 148 Å². The smallest absolute Gasteiger partial charge is 0.170 e. The fraction of sp³-hybridized carbons (Fsp3) is 0.900. The molecule has 0 aliphatic rings. The van der Waals surface area contributed by atoms with Crippen LogP contribution in [0.3, 0.4) is 0 Å². The van der Waals surface area contributed by atoms with Crippen LogP contribution in [0.25, 0.3) is 0 Å². The van der Waals surface area contributed by atoms with Gasteiger partial charge in [-0.25, -0.2) is 0 Å². The van der Waals surface area contributed by atoms with Gasteiger partial charge in [-0.2, -0.15) is 0 Å². The zero-order chi connectivity index (χ0) is 19.4. The fourth-order valence-electron chi connectivity index (χ4n) is 3.45. The van der Waals surface area contributed by atoms with Crippen LogP contribution in [-0.2, 0) is 19.1 Å². The summed E-state index contributed by atoms with van der Waals surface area (Å²) >= 11 is 0. The highest BCUT2D eigenvalue weighted by atomic mass is 16.5. The van der Waals surface area contributed by atoms with E-state index >= 15 is 0 Å². The number of ketones is 2. The lowest BCUT2D eigenvalue weighted by molar-refractivity contribution is -0.157. The van der Waals surface area contributed by atoms with Gasteiger partial charge < -0.3 is 9.47 Å². The molecule has 0 aromatic carbocycles. The number of methoxy groups -OCH3 is 2. The molecule has 4 nitrogen and oxygen atoms in total. The minimum atomic E-state index is -0.863. The normalized spacial score (nSPS) is 19.9. The second-order valence-electron chi connectivity index (χ2n) is 8.17. The van der Waals surface area contributed by atoms with E-state index in [0.29, 0.717) is 25.7 Å². The predicted molar refractivity (Wildman–Crippen MR) is 98.2 cm³/mol. The van der Waals surface area contributed by atoms with Crippen LogP contribution in [-0.4, -0.2) is 37.0 Å². The molecule has 0 bridgehead atoms. The quantitative estimate of drug-likeness (QED) is 0.551. The molecule has 0 spiro atoms. The van der Waals surface area contributed by atoms with Crippen molar-refractivity contribution in [1.29, 1.82) is 0 Å². The zero-order valence-corrected chi connectivity index (χ0v) is 17.5. The Bertz CT molecular complexity index is 451. The van der Waals surface area contributed by atoms with E-state index in [0.717, 1.165) is 0 Å². The molecule has 0 rings (SSSR count). The Kier molecular flexibility index (Phi) is 7.84. The van der Waals surface area contributed by atoms with E-state index in [1.165, 1.54) is 0 Å². The summed E-state index contributed by atoms with van der Waals surface area (Å²) in [5, 5.41) is 0. The Morgan fingerprint density at radius 2 is 1.12 bits per heavy atom. The maximum atomic E-state index is 13.2. The number of ether oxygens (including phenoxy) is 2. The van der Waals surface area contributed by atoms with Crippen LogP contribution in [0.15, 0.2) is 0 Å². The van der Waals surface area contributed by atoms with Crippen molar-refractivity contribution in [3.63, 3.8) is 0 Å². The van der Waals surface area contributed by atoms with Crippen molar-refractivity contribution in [3.8, 4) is 0 Å². The van der Waals surface area contributed by atoms with Gasteiger partial charge in [-0.15, -0.1) is 0 Å². The standard InChI is InChI=1S/C20H38O4/c1-11-18(6,15(21)17(4,5)23-9)14-19(7,12-2)16(22)20(8,13-3)24-10/h11-14H2,1-10H3. The first-order valence-electron chi connectivity index (χ1n) is 9.02. The topological polar surface area (TPSA) is 52.6 Å². The van der Waals surface area contributed by atoms with Crippen LogP contribution < -0.4 is 0 Å². The highest BCUT2D eigenvalue weighted by Gasteiger charge is 2.50. The second kappa shape index (κ2) is 8.09. The summed E-state index contributed by atoms with van der Waals surface area (Å²) in [6.07, 6.45) is 2.44. The van der Waals surface area contributed by atoms with Gasteiger partial charge in [0.1, 0.15) is 11.2 Å². The van der Waals surface area contributed by atoms with Crippen molar-refractivity contribution >= 4 is 11.6 Å². The van der Waals surface area contributed by atoms with E-state index < -0.39 is 22.0 Å². The lowest BCUT2D eigenvalue weighted by atomic mass is 9.62. The van der Waals surface area contributed by atoms with Gasteiger partial charge in [0.25, 0.3) is 0 Å². The molecule has 142 valence electrons. The van der Waals surface area contributed by atoms with Crippen molar-refractivity contribution in [2.75, 3.05) is 14.2 Å². The first-order chi connectivity index (χ1) is 10.8. The van der Waals surface area contributed by atoms with Gasteiger partial charge in [0.15, 0.2) is 11.6 Å². The first kappa shape index (κ1) is 23.3. The number of carbonyl (C=O) groups excluding carboxylic acids is 2. The van der Waals surface area contributed by atoms with Crippen LogP contribution in [0.4, 0.5) is 0 Å². The molecule has 0 aliphatic heterocycles. The Balaban J connectivity index is 5.83. The van der Waals surface area contributed by atoms with E-state index in [1.54, 1.807) is 28.1 Å². The van der Waals surface area contributed by atoms with Crippen LogP contribution >= 0.6 is 0 Å². The molecule has 0 aromatic heterocycles. The van der Waals surface area contributed by atoms with Gasteiger partial charge in [0, 0.05) is 25.0 Å². The minimum absolute atomic E-state index is 0.0445. The summed E-state index contributed by atoms with van der Waals surface area (Å²) in [5.74, 6) is 0.119. The molecule has 0 saturated heterocycles. The summed E-state index contributed by atoms with van der Waals surface area (Å²) in [6, 6.07) is 0. The third kappa shape index (κ3) is 4.45.